The smallest absolute Gasteiger partial charge is 0.405 e. The highest BCUT2D eigenvalue weighted by molar-refractivity contribution is 5.70. The second kappa shape index (κ2) is 8.36. The molecule has 2 fully saturated rings. The minimum Gasteiger partial charge on any atom is -0.405 e. The Kier molecular flexibility index (Phi) is 5.93. The zero-order chi connectivity index (χ0) is 22.2. The van der Waals surface area contributed by atoms with Crippen LogP contribution >= 0.6 is 0 Å². The minimum atomic E-state index is -4.90. The Hall–Kier alpha value is -2.24. The van der Waals surface area contributed by atoms with Crippen molar-refractivity contribution in [3.8, 4) is 17.0 Å². The van der Waals surface area contributed by atoms with Gasteiger partial charge < -0.3 is 18.8 Å². The molecular formula is C20H21F5N2O4. The highest BCUT2D eigenvalue weighted by Gasteiger charge is 2.46. The van der Waals surface area contributed by atoms with E-state index in [-0.39, 0.29) is 36.7 Å². The molecule has 4 rings (SSSR count). The van der Waals surface area contributed by atoms with Crippen LogP contribution in [0.25, 0.3) is 11.3 Å². The lowest BCUT2D eigenvalue weighted by Gasteiger charge is -2.36. The molecule has 1 atom stereocenters. The third kappa shape index (κ3) is 4.99. The van der Waals surface area contributed by atoms with Gasteiger partial charge in [-0.3, -0.25) is 0 Å². The predicted molar refractivity (Wildman–Crippen MR) is 97.3 cm³/mol. The summed E-state index contributed by atoms with van der Waals surface area (Å²) in [5.74, 6) is -3.10. The van der Waals surface area contributed by atoms with Gasteiger partial charge in [0.25, 0.3) is 5.92 Å². The van der Waals surface area contributed by atoms with Crippen LogP contribution in [0, 0.1) is 0 Å². The van der Waals surface area contributed by atoms with E-state index in [1.807, 2.05) is 0 Å². The maximum atomic E-state index is 14.4. The van der Waals surface area contributed by atoms with Gasteiger partial charge in [-0.05, 0) is 31.4 Å². The van der Waals surface area contributed by atoms with Crippen LogP contribution in [-0.2, 0) is 16.2 Å². The summed E-state index contributed by atoms with van der Waals surface area (Å²) < 4.78 is 82.5. The van der Waals surface area contributed by atoms with Gasteiger partial charge in [0.15, 0.2) is 0 Å². The van der Waals surface area contributed by atoms with E-state index >= 15 is 0 Å². The number of hydrogen-bond acceptors (Lipinski definition) is 6. The number of halogens is 5. The number of alkyl halides is 5. The number of hydrogen-bond donors (Lipinski definition) is 0. The summed E-state index contributed by atoms with van der Waals surface area (Å²) >= 11 is 0. The summed E-state index contributed by atoms with van der Waals surface area (Å²) in [6.07, 6.45) is -4.58. The second-order valence-corrected chi connectivity index (χ2v) is 7.59. The van der Waals surface area contributed by atoms with Crippen molar-refractivity contribution in [2.24, 2.45) is 0 Å². The Balaban J connectivity index is 1.60. The fraction of sp³-hybridized carbons (Fsp3) is 0.550. The van der Waals surface area contributed by atoms with Crippen molar-refractivity contribution >= 4 is 0 Å². The molecule has 0 radical (unpaired) electrons. The number of para-hydroxylation sites is 1. The molecule has 6 nitrogen and oxygen atoms in total. The summed E-state index contributed by atoms with van der Waals surface area (Å²) in [5, 5.41) is 5.10. The summed E-state index contributed by atoms with van der Waals surface area (Å²) in [6, 6.07) is 5.49. The van der Waals surface area contributed by atoms with E-state index in [0.29, 0.717) is 11.3 Å². The van der Waals surface area contributed by atoms with Crippen LogP contribution in [0.15, 0.2) is 28.8 Å². The fourth-order valence-electron chi connectivity index (χ4n) is 3.65. The predicted octanol–water partition coefficient (Wildman–Crippen LogP) is 4.91. The van der Waals surface area contributed by atoms with Gasteiger partial charge in [0.1, 0.15) is 23.3 Å². The molecule has 1 saturated carbocycles. The van der Waals surface area contributed by atoms with Gasteiger partial charge in [0, 0.05) is 23.6 Å². The van der Waals surface area contributed by atoms with E-state index in [1.54, 1.807) is 0 Å². The average Bonchev–Trinajstić information content (AvgIpc) is 3.45. The third-order valence-electron chi connectivity index (χ3n) is 5.32. The van der Waals surface area contributed by atoms with Gasteiger partial charge in [-0.2, -0.15) is 5.06 Å². The monoisotopic (exact) mass is 448 g/mol. The Morgan fingerprint density at radius 1 is 1.19 bits per heavy atom. The van der Waals surface area contributed by atoms with Crippen LogP contribution in [0.2, 0.25) is 0 Å². The highest BCUT2D eigenvalue weighted by atomic mass is 19.4. The first-order chi connectivity index (χ1) is 14.7. The molecule has 0 N–H and O–H groups in total. The Morgan fingerprint density at radius 3 is 2.58 bits per heavy atom. The van der Waals surface area contributed by atoms with Crippen molar-refractivity contribution in [3.05, 3.63) is 35.6 Å². The highest BCUT2D eigenvalue weighted by Crippen LogP contribution is 2.46. The molecule has 0 bridgehead atoms. The van der Waals surface area contributed by atoms with Crippen molar-refractivity contribution in [3.63, 3.8) is 0 Å². The van der Waals surface area contributed by atoms with E-state index in [4.69, 9.17) is 14.1 Å². The molecule has 11 heteroatoms. The molecule has 1 aromatic carbocycles. The van der Waals surface area contributed by atoms with Crippen LogP contribution in [0.3, 0.4) is 0 Å². The molecule has 1 aromatic heterocycles. The molecule has 2 heterocycles. The number of aromatic nitrogens is 1. The first kappa shape index (κ1) is 22.0. The summed E-state index contributed by atoms with van der Waals surface area (Å²) in [6.45, 7) is -0.606. The second-order valence-electron chi connectivity index (χ2n) is 7.59. The van der Waals surface area contributed by atoms with E-state index in [9.17, 15) is 22.0 Å². The van der Waals surface area contributed by atoms with Crippen LogP contribution in [0.5, 0.6) is 5.75 Å². The number of ether oxygens (including phenoxy) is 2. The zero-order valence-electron chi connectivity index (χ0n) is 16.6. The molecule has 1 unspecified atom stereocenters. The van der Waals surface area contributed by atoms with Gasteiger partial charge in [0.2, 0.25) is 0 Å². The van der Waals surface area contributed by atoms with Gasteiger partial charge in [-0.25, -0.2) is 8.78 Å². The lowest BCUT2D eigenvalue weighted by molar-refractivity contribution is -0.274. The standard InChI is InChI=1S/C20H21F5N2O4/c1-28-27-9-8-16(19(21,22)11-27)29-10-14-17(26-31-18(14)12-6-7-12)13-4-2-3-5-15(13)30-20(23,24)25/h2-5,12,16H,6-11H2,1H3. The molecule has 1 aliphatic heterocycles. The van der Waals surface area contributed by atoms with Crippen LogP contribution < -0.4 is 4.74 Å². The normalized spacial score (nSPS) is 21.9. The average molecular weight is 448 g/mol. The minimum absolute atomic E-state index is 0.0357. The molecule has 0 spiro atoms. The number of nitrogens with zero attached hydrogens (tertiary/aromatic N) is 2. The molecule has 170 valence electrons. The molecular weight excluding hydrogens is 427 g/mol. The van der Waals surface area contributed by atoms with Crippen molar-refractivity contribution in [1.82, 2.24) is 10.2 Å². The SMILES string of the molecule is CON1CCC(OCc2c(-c3ccccc3OC(F)(F)F)noc2C2CC2)C(F)(F)C1. The maximum absolute atomic E-state index is 14.4. The Bertz CT molecular complexity index is 913. The quantitative estimate of drug-likeness (QED) is 0.562. The number of benzene rings is 1. The van der Waals surface area contributed by atoms with Gasteiger partial charge in [-0.15, -0.1) is 13.2 Å². The van der Waals surface area contributed by atoms with E-state index in [2.05, 4.69) is 9.89 Å². The van der Waals surface area contributed by atoms with E-state index in [0.717, 1.165) is 24.0 Å². The van der Waals surface area contributed by atoms with E-state index < -0.39 is 30.7 Å². The number of hydroxylamine groups is 2. The van der Waals surface area contributed by atoms with Crippen LogP contribution in [0.1, 0.15) is 36.5 Å². The number of piperidine rings is 1. The van der Waals surface area contributed by atoms with Gasteiger partial charge in [0.05, 0.1) is 20.3 Å². The molecule has 2 aromatic rings. The molecule has 1 saturated heterocycles. The van der Waals surface area contributed by atoms with Crippen LogP contribution in [0.4, 0.5) is 22.0 Å². The molecule has 2 aliphatic rings. The summed E-state index contributed by atoms with van der Waals surface area (Å²) in [7, 11) is 1.32. The van der Waals surface area contributed by atoms with Crippen LogP contribution in [-0.4, -0.2) is 48.8 Å². The third-order valence-corrected chi connectivity index (χ3v) is 5.32. The van der Waals surface area contributed by atoms with Gasteiger partial charge in [-0.1, -0.05) is 17.3 Å². The van der Waals surface area contributed by atoms with Gasteiger partial charge >= 0.3 is 6.36 Å². The lowest BCUT2D eigenvalue weighted by Crippen LogP contribution is -2.52. The lowest BCUT2D eigenvalue weighted by atomic mass is 10.0. The molecule has 0 amide bonds. The largest absolute Gasteiger partial charge is 0.573 e. The fourth-order valence-corrected chi connectivity index (χ4v) is 3.65. The first-order valence-electron chi connectivity index (χ1n) is 9.80. The number of rotatable bonds is 7. The topological polar surface area (TPSA) is 57.0 Å². The summed E-state index contributed by atoms with van der Waals surface area (Å²) in [5.41, 5.74) is 0.514. The Morgan fingerprint density at radius 2 is 1.94 bits per heavy atom. The van der Waals surface area contributed by atoms with Crippen molar-refractivity contribution in [2.75, 3.05) is 20.2 Å². The van der Waals surface area contributed by atoms with Crippen molar-refractivity contribution < 1.29 is 40.8 Å². The summed E-state index contributed by atoms with van der Waals surface area (Å²) in [4.78, 5) is 4.88. The van der Waals surface area contributed by atoms with E-state index in [1.165, 1.54) is 25.3 Å². The van der Waals surface area contributed by atoms with Crippen molar-refractivity contribution in [2.45, 2.75) is 50.2 Å². The first-order valence-corrected chi connectivity index (χ1v) is 9.80. The molecule has 31 heavy (non-hydrogen) atoms. The van der Waals surface area contributed by atoms with Crippen molar-refractivity contribution in [1.29, 1.82) is 0 Å². The zero-order valence-corrected chi connectivity index (χ0v) is 16.6. The maximum Gasteiger partial charge on any atom is 0.573 e. The molecule has 1 aliphatic carbocycles. The Labute approximate surface area is 174 Å².